The summed E-state index contributed by atoms with van der Waals surface area (Å²) in [5.74, 6) is 0.442. The summed E-state index contributed by atoms with van der Waals surface area (Å²) < 4.78 is 5.06. The molecule has 0 aliphatic carbocycles. The zero-order valence-corrected chi connectivity index (χ0v) is 10.9. The molecule has 2 aromatic rings. The van der Waals surface area contributed by atoms with E-state index in [2.05, 4.69) is 25.3 Å². The fourth-order valence-electron chi connectivity index (χ4n) is 1.56. The van der Waals surface area contributed by atoms with Crippen molar-refractivity contribution >= 4 is 11.6 Å². The fraction of sp³-hybridized carbons (Fsp3) is 0.273. The van der Waals surface area contributed by atoms with Gasteiger partial charge in [-0.15, -0.1) is 0 Å². The first kappa shape index (κ1) is 13.6. The minimum Gasteiger partial charge on any atom is -0.479 e. The van der Waals surface area contributed by atoms with Crippen LogP contribution in [-0.4, -0.2) is 38.5 Å². The van der Waals surface area contributed by atoms with E-state index in [4.69, 9.17) is 4.74 Å². The van der Waals surface area contributed by atoms with Gasteiger partial charge in [0.1, 0.15) is 6.20 Å². The van der Waals surface area contributed by atoms with Gasteiger partial charge >= 0.3 is 5.69 Å². The van der Waals surface area contributed by atoms with Crippen LogP contribution in [0.4, 0.5) is 11.6 Å². The van der Waals surface area contributed by atoms with E-state index in [9.17, 15) is 10.1 Å². The van der Waals surface area contributed by atoms with Gasteiger partial charge in [0.05, 0.1) is 12.0 Å². The van der Waals surface area contributed by atoms with Gasteiger partial charge in [-0.3, -0.25) is 10.1 Å². The molecule has 0 spiro atoms. The molecule has 0 aromatic carbocycles. The molecule has 0 saturated carbocycles. The molecule has 9 heteroatoms. The number of ether oxygens (including phenoxy) is 1. The first-order chi connectivity index (χ1) is 9.67. The highest BCUT2D eigenvalue weighted by molar-refractivity contribution is 5.70. The summed E-state index contributed by atoms with van der Waals surface area (Å²) in [7, 11) is 1.41. The van der Waals surface area contributed by atoms with Gasteiger partial charge < -0.3 is 10.1 Å². The van der Waals surface area contributed by atoms with Crippen LogP contribution in [0.2, 0.25) is 0 Å². The lowest BCUT2D eigenvalue weighted by Crippen LogP contribution is -2.06. The maximum Gasteiger partial charge on any atom is 0.315 e. The Morgan fingerprint density at radius 3 is 2.70 bits per heavy atom. The summed E-state index contributed by atoms with van der Waals surface area (Å²) in [5.41, 5.74) is -0.000365. The van der Waals surface area contributed by atoms with Gasteiger partial charge in [-0.1, -0.05) is 0 Å². The van der Waals surface area contributed by atoms with Crippen LogP contribution in [0.3, 0.4) is 0 Å². The molecule has 0 unspecified atom stereocenters. The fourth-order valence-corrected chi connectivity index (χ4v) is 1.56. The molecule has 2 aromatic heterocycles. The zero-order valence-electron chi connectivity index (χ0n) is 10.9. The molecule has 20 heavy (non-hydrogen) atoms. The van der Waals surface area contributed by atoms with E-state index in [1.54, 1.807) is 0 Å². The summed E-state index contributed by atoms with van der Waals surface area (Å²) in [6, 6.07) is 0. The van der Waals surface area contributed by atoms with Crippen molar-refractivity contribution in [2.75, 3.05) is 19.0 Å². The maximum atomic E-state index is 11.1. The molecule has 0 aliphatic heterocycles. The average Bonchev–Trinajstić information content (AvgIpc) is 2.47. The maximum absolute atomic E-state index is 11.1. The molecule has 0 atom stereocenters. The van der Waals surface area contributed by atoms with Crippen LogP contribution in [0.1, 0.15) is 6.92 Å². The summed E-state index contributed by atoms with van der Waals surface area (Å²) in [6.45, 7) is 2.46. The number of nitrogens with zero attached hydrogens (tertiary/aromatic N) is 5. The van der Waals surface area contributed by atoms with Crippen LogP contribution >= 0.6 is 0 Å². The predicted octanol–water partition coefficient (Wildman–Crippen LogP) is 1.28. The van der Waals surface area contributed by atoms with E-state index in [1.807, 2.05) is 6.92 Å². The second-order valence-corrected chi connectivity index (χ2v) is 3.63. The van der Waals surface area contributed by atoms with Crippen LogP contribution in [0.15, 0.2) is 18.6 Å². The number of nitrogens with one attached hydrogen (secondary N) is 1. The van der Waals surface area contributed by atoms with Crippen molar-refractivity contribution in [2.24, 2.45) is 0 Å². The summed E-state index contributed by atoms with van der Waals surface area (Å²) >= 11 is 0. The molecule has 0 amide bonds. The molecule has 0 saturated heterocycles. The Balaban J connectivity index is 2.62. The first-order valence-electron chi connectivity index (χ1n) is 5.78. The summed E-state index contributed by atoms with van der Waals surface area (Å²) in [4.78, 5) is 26.5. The van der Waals surface area contributed by atoms with Crippen LogP contribution in [-0.2, 0) is 0 Å². The van der Waals surface area contributed by atoms with Crippen molar-refractivity contribution < 1.29 is 9.66 Å². The minimum absolute atomic E-state index is 0.0610. The molecule has 2 rings (SSSR count). The van der Waals surface area contributed by atoms with Crippen molar-refractivity contribution in [3.05, 3.63) is 28.7 Å². The minimum atomic E-state index is -0.570. The van der Waals surface area contributed by atoms with Gasteiger partial charge in [0.15, 0.2) is 11.4 Å². The van der Waals surface area contributed by atoms with Crippen LogP contribution in [0.5, 0.6) is 5.88 Å². The molecule has 0 aliphatic rings. The Morgan fingerprint density at radius 2 is 2.05 bits per heavy atom. The lowest BCUT2D eigenvalue weighted by molar-refractivity contribution is -0.384. The summed E-state index contributed by atoms with van der Waals surface area (Å²) in [5, 5.41) is 14.0. The third-order valence-corrected chi connectivity index (χ3v) is 2.38. The molecular formula is C11H12N6O3. The highest BCUT2D eigenvalue weighted by atomic mass is 16.6. The highest BCUT2D eigenvalue weighted by Crippen LogP contribution is 2.31. The van der Waals surface area contributed by atoms with Crippen LogP contribution < -0.4 is 10.1 Å². The SMILES string of the molecule is CCNc1ncc([N+](=O)[O-])c(-c2nccnc2OC)n1. The third kappa shape index (κ3) is 2.60. The molecule has 1 N–H and O–H groups in total. The van der Waals surface area contributed by atoms with Crippen LogP contribution in [0, 0.1) is 10.1 Å². The standard InChI is InChI=1S/C11H12N6O3/c1-3-12-11-15-6-7(17(18)19)8(16-11)9-10(20-2)14-5-4-13-9/h4-6H,3H2,1-2H3,(H,12,15,16). The first-order valence-corrected chi connectivity index (χ1v) is 5.78. The Morgan fingerprint density at radius 1 is 1.30 bits per heavy atom. The number of aromatic nitrogens is 4. The highest BCUT2D eigenvalue weighted by Gasteiger charge is 2.23. The molecule has 2 heterocycles. The van der Waals surface area contributed by atoms with Gasteiger partial charge in [0, 0.05) is 18.9 Å². The normalized spacial score (nSPS) is 10.1. The zero-order chi connectivity index (χ0) is 14.5. The van der Waals surface area contributed by atoms with Crippen molar-refractivity contribution in [3.8, 4) is 17.3 Å². The Kier molecular flexibility index (Phi) is 3.99. The van der Waals surface area contributed by atoms with Crippen LogP contribution in [0.25, 0.3) is 11.4 Å². The van der Waals surface area contributed by atoms with E-state index in [0.717, 1.165) is 6.20 Å². The predicted molar refractivity (Wildman–Crippen MR) is 70.4 cm³/mol. The molecular weight excluding hydrogens is 264 g/mol. The van der Waals surface area contributed by atoms with E-state index in [1.165, 1.54) is 19.5 Å². The monoisotopic (exact) mass is 276 g/mol. The molecule has 0 radical (unpaired) electrons. The van der Waals surface area contributed by atoms with Crippen molar-refractivity contribution in [3.63, 3.8) is 0 Å². The van der Waals surface area contributed by atoms with E-state index in [0.29, 0.717) is 6.54 Å². The van der Waals surface area contributed by atoms with Gasteiger partial charge in [-0.2, -0.15) is 0 Å². The molecule has 9 nitrogen and oxygen atoms in total. The van der Waals surface area contributed by atoms with Gasteiger partial charge in [0.25, 0.3) is 0 Å². The van der Waals surface area contributed by atoms with Gasteiger partial charge in [-0.05, 0) is 6.92 Å². The Hall–Kier alpha value is -2.84. The van der Waals surface area contributed by atoms with Crippen molar-refractivity contribution in [1.82, 2.24) is 19.9 Å². The number of anilines is 1. The van der Waals surface area contributed by atoms with Gasteiger partial charge in [0.2, 0.25) is 11.8 Å². The quantitative estimate of drug-likeness (QED) is 0.641. The lowest BCUT2D eigenvalue weighted by atomic mass is 10.2. The van der Waals surface area contributed by atoms with Crippen molar-refractivity contribution in [2.45, 2.75) is 6.92 Å². The number of nitro groups is 1. The number of methoxy groups -OCH3 is 1. The summed E-state index contributed by atoms with van der Waals surface area (Å²) in [6.07, 6.45) is 3.98. The molecule has 0 bridgehead atoms. The van der Waals surface area contributed by atoms with E-state index in [-0.39, 0.29) is 28.9 Å². The largest absolute Gasteiger partial charge is 0.479 e. The topological polar surface area (TPSA) is 116 Å². The Bertz CT molecular complexity index is 633. The number of hydrogen-bond donors (Lipinski definition) is 1. The number of hydrogen-bond acceptors (Lipinski definition) is 8. The van der Waals surface area contributed by atoms with E-state index >= 15 is 0 Å². The second kappa shape index (κ2) is 5.87. The third-order valence-electron chi connectivity index (χ3n) is 2.38. The smallest absolute Gasteiger partial charge is 0.315 e. The van der Waals surface area contributed by atoms with E-state index < -0.39 is 4.92 Å². The second-order valence-electron chi connectivity index (χ2n) is 3.63. The molecule has 104 valence electrons. The van der Waals surface area contributed by atoms with Gasteiger partial charge in [-0.25, -0.2) is 19.9 Å². The molecule has 0 fully saturated rings. The Labute approximate surface area is 114 Å². The lowest BCUT2D eigenvalue weighted by Gasteiger charge is -2.07. The van der Waals surface area contributed by atoms with Crippen molar-refractivity contribution in [1.29, 1.82) is 0 Å². The number of rotatable bonds is 5. The average molecular weight is 276 g/mol.